The minimum atomic E-state index is -0.880. The van der Waals surface area contributed by atoms with Gasteiger partial charge < -0.3 is 16.0 Å². The molecule has 1 aliphatic carbocycles. The number of rotatable bonds is 5. The van der Waals surface area contributed by atoms with Crippen molar-refractivity contribution in [2.24, 2.45) is 0 Å². The number of hydrogen-bond donors (Lipinski definition) is 4. The van der Waals surface area contributed by atoms with E-state index in [1.165, 1.54) is 0 Å². The lowest BCUT2D eigenvalue weighted by Gasteiger charge is -2.30. The van der Waals surface area contributed by atoms with Gasteiger partial charge in [-0.1, -0.05) is 31.4 Å². The molecule has 3 rings (SSSR count). The van der Waals surface area contributed by atoms with Gasteiger partial charge >= 0.3 is 12.1 Å². The van der Waals surface area contributed by atoms with Crippen LogP contribution in [0, 0.1) is 0 Å². The molecule has 0 aromatic heterocycles. The number of nitrogens with one attached hydrogen (secondary N) is 4. The largest absolute Gasteiger partial charge is 0.344 e. The van der Waals surface area contributed by atoms with Crippen molar-refractivity contribution in [3.05, 3.63) is 35.4 Å². The molecule has 1 spiro atoms. The van der Waals surface area contributed by atoms with Gasteiger partial charge in [-0.25, -0.2) is 9.59 Å². The fourth-order valence-electron chi connectivity index (χ4n) is 3.65. The lowest BCUT2D eigenvalue weighted by Crippen LogP contribution is -2.50. The van der Waals surface area contributed by atoms with Crippen LogP contribution >= 0.6 is 0 Å². The van der Waals surface area contributed by atoms with Crippen molar-refractivity contribution >= 4 is 23.9 Å². The van der Waals surface area contributed by atoms with E-state index in [2.05, 4.69) is 21.4 Å². The quantitative estimate of drug-likeness (QED) is 0.562. The number of urea groups is 2. The highest BCUT2D eigenvalue weighted by atomic mass is 16.2. The first-order chi connectivity index (χ1) is 13.8. The summed E-state index contributed by atoms with van der Waals surface area (Å²) in [5, 5.41) is 9.00. The second kappa shape index (κ2) is 8.50. The number of hydrogen-bond acceptors (Lipinski definition) is 4. The zero-order valence-corrected chi connectivity index (χ0v) is 16.7. The van der Waals surface area contributed by atoms with Crippen LogP contribution in [0.15, 0.2) is 24.3 Å². The zero-order chi connectivity index (χ0) is 21.0. The molecule has 1 saturated carbocycles. The number of imide groups is 1. The van der Waals surface area contributed by atoms with Gasteiger partial charge in [-0.15, -0.1) is 0 Å². The Kier molecular flexibility index (Phi) is 6.05. The number of hydrazine groups is 1. The topological polar surface area (TPSA) is 120 Å². The number of amides is 6. The van der Waals surface area contributed by atoms with E-state index in [1.807, 2.05) is 13.8 Å². The Labute approximate surface area is 169 Å². The van der Waals surface area contributed by atoms with Gasteiger partial charge in [0.2, 0.25) is 0 Å². The van der Waals surface area contributed by atoms with Crippen LogP contribution in [0.5, 0.6) is 0 Å². The summed E-state index contributed by atoms with van der Waals surface area (Å²) in [4.78, 5) is 49.1. The first-order valence-electron chi connectivity index (χ1n) is 9.92. The van der Waals surface area contributed by atoms with Crippen molar-refractivity contribution in [2.45, 2.75) is 64.1 Å². The number of carbonyl (C=O) groups is 4. The molecule has 9 nitrogen and oxygen atoms in total. The molecule has 2 fully saturated rings. The van der Waals surface area contributed by atoms with Crippen molar-refractivity contribution in [1.29, 1.82) is 0 Å². The van der Waals surface area contributed by atoms with E-state index in [4.69, 9.17) is 0 Å². The summed E-state index contributed by atoms with van der Waals surface area (Å²) < 4.78 is 0. The summed E-state index contributed by atoms with van der Waals surface area (Å²) >= 11 is 0. The number of nitrogens with zero attached hydrogens (tertiary/aromatic N) is 1. The van der Waals surface area contributed by atoms with Gasteiger partial charge in [0.1, 0.15) is 5.54 Å². The molecule has 1 heterocycles. The fourth-order valence-corrected chi connectivity index (χ4v) is 3.65. The van der Waals surface area contributed by atoms with Crippen molar-refractivity contribution in [1.82, 2.24) is 26.4 Å². The lowest BCUT2D eigenvalue weighted by atomic mass is 9.82. The molecule has 0 radical (unpaired) electrons. The summed E-state index contributed by atoms with van der Waals surface area (Å²) in [5.41, 5.74) is 2.66. The Hall–Kier alpha value is -3.10. The minimum absolute atomic E-state index is 0.0410. The molecule has 0 atom stereocenters. The van der Waals surface area contributed by atoms with E-state index in [9.17, 15) is 19.2 Å². The molecular formula is C20H27N5O4. The van der Waals surface area contributed by atoms with Crippen LogP contribution in [0.1, 0.15) is 61.9 Å². The molecule has 1 aromatic carbocycles. The number of carbonyl (C=O) groups excluding carboxylic acids is 4. The van der Waals surface area contributed by atoms with E-state index in [0.29, 0.717) is 24.9 Å². The SMILES string of the molecule is CC(C)NC(=O)NCc1ccc(C(=O)NN2C(=O)NC3(CCCCC3)C2=O)cc1. The molecule has 1 aromatic rings. The normalized spacial score (nSPS) is 18.0. The highest BCUT2D eigenvalue weighted by Crippen LogP contribution is 2.33. The van der Waals surface area contributed by atoms with E-state index < -0.39 is 23.4 Å². The van der Waals surface area contributed by atoms with Gasteiger partial charge in [0, 0.05) is 18.2 Å². The molecule has 156 valence electrons. The van der Waals surface area contributed by atoms with Crippen molar-refractivity contribution < 1.29 is 19.2 Å². The third-order valence-electron chi connectivity index (χ3n) is 5.17. The van der Waals surface area contributed by atoms with Gasteiger partial charge in [-0.05, 0) is 44.4 Å². The summed E-state index contributed by atoms with van der Waals surface area (Å²) in [6, 6.07) is 5.76. The predicted octanol–water partition coefficient (Wildman–Crippen LogP) is 1.79. The first-order valence-corrected chi connectivity index (χ1v) is 9.92. The highest BCUT2D eigenvalue weighted by Gasteiger charge is 2.52. The van der Waals surface area contributed by atoms with Crippen molar-refractivity contribution in [2.75, 3.05) is 0 Å². The van der Waals surface area contributed by atoms with E-state index in [0.717, 1.165) is 29.8 Å². The molecule has 0 bridgehead atoms. The summed E-state index contributed by atoms with van der Waals surface area (Å²) in [5.74, 6) is -0.939. The molecule has 6 amide bonds. The summed E-state index contributed by atoms with van der Waals surface area (Å²) in [6.45, 7) is 4.05. The standard InChI is InChI=1S/C20H27N5O4/c1-13(2)22-18(28)21-12-14-6-8-15(9-7-14)16(26)24-25-17(27)20(23-19(25)29)10-4-3-5-11-20/h6-9,13H,3-5,10-12H2,1-2H3,(H,23,29)(H,24,26)(H2,21,22,28). The Morgan fingerprint density at radius 2 is 1.76 bits per heavy atom. The summed E-state index contributed by atoms with van der Waals surface area (Å²) in [6.07, 6.45) is 3.97. The monoisotopic (exact) mass is 401 g/mol. The lowest BCUT2D eigenvalue weighted by molar-refractivity contribution is -0.134. The van der Waals surface area contributed by atoms with Gasteiger partial charge in [0.25, 0.3) is 11.8 Å². The fraction of sp³-hybridized carbons (Fsp3) is 0.500. The number of benzene rings is 1. The maximum Gasteiger partial charge on any atom is 0.344 e. The smallest absolute Gasteiger partial charge is 0.336 e. The molecule has 0 unspecified atom stereocenters. The molecule has 2 aliphatic rings. The van der Waals surface area contributed by atoms with Crippen molar-refractivity contribution in [3.8, 4) is 0 Å². The van der Waals surface area contributed by atoms with E-state index >= 15 is 0 Å². The second-order valence-corrected chi connectivity index (χ2v) is 7.83. The van der Waals surface area contributed by atoms with Crippen LogP contribution in [0.3, 0.4) is 0 Å². The molecular weight excluding hydrogens is 374 g/mol. The average molecular weight is 401 g/mol. The Bertz CT molecular complexity index is 800. The molecule has 1 aliphatic heterocycles. The van der Waals surface area contributed by atoms with Gasteiger partial charge in [-0.2, -0.15) is 5.01 Å². The van der Waals surface area contributed by atoms with Crippen LogP contribution in [-0.4, -0.2) is 40.5 Å². The van der Waals surface area contributed by atoms with Crippen LogP contribution < -0.4 is 21.4 Å². The Morgan fingerprint density at radius 1 is 1.10 bits per heavy atom. The maximum absolute atomic E-state index is 12.7. The molecule has 4 N–H and O–H groups in total. The third-order valence-corrected chi connectivity index (χ3v) is 5.17. The summed E-state index contributed by atoms with van der Waals surface area (Å²) in [7, 11) is 0. The van der Waals surface area contributed by atoms with Gasteiger partial charge in [0.15, 0.2) is 0 Å². The van der Waals surface area contributed by atoms with Gasteiger partial charge in [-0.3, -0.25) is 15.0 Å². The first kappa shape index (κ1) is 20.6. The third kappa shape index (κ3) is 4.67. The molecule has 9 heteroatoms. The van der Waals surface area contributed by atoms with Crippen LogP contribution in [-0.2, 0) is 11.3 Å². The van der Waals surface area contributed by atoms with E-state index in [-0.39, 0.29) is 12.1 Å². The molecule has 1 saturated heterocycles. The average Bonchev–Trinajstić information content (AvgIpc) is 2.90. The van der Waals surface area contributed by atoms with Crippen molar-refractivity contribution in [3.63, 3.8) is 0 Å². The van der Waals surface area contributed by atoms with Crippen LogP contribution in [0.4, 0.5) is 9.59 Å². The Balaban J connectivity index is 1.57. The predicted molar refractivity (Wildman–Crippen MR) is 106 cm³/mol. The second-order valence-electron chi connectivity index (χ2n) is 7.83. The van der Waals surface area contributed by atoms with Gasteiger partial charge in [0.05, 0.1) is 0 Å². The Morgan fingerprint density at radius 3 is 2.38 bits per heavy atom. The zero-order valence-electron chi connectivity index (χ0n) is 16.7. The highest BCUT2D eigenvalue weighted by molar-refractivity contribution is 6.09. The maximum atomic E-state index is 12.7. The van der Waals surface area contributed by atoms with Crippen LogP contribution in [0.25, 0.3) is 0 Å². The van der Waals surface area contributed by atoms with Crippen LogP contribution in [0.2, 0.25) is 0 Å². The van der Waals surface area contributed by atoms with E-state index in [1.54, 1.807) is 24.3 Å². The molecule has 29 heavy (non-hydrogen) atoms. The minimum Gasteiger partial charge on any atom is -0.336 e.